The smallest absolute Gasteiger partial charge is 0.277 e. The quantitative estimate of drug-likeness (QED) is 0.670. The maximum atomic E-state index is 11.6. The summed E-state index contributed by atoms with van der Waals surface area (Å²) in [6.07, 6.45) is 3.02. The molecule has 0 saturated carbocycles. The summed E-state index contributed by atoms with van der Waals surface area (Å²) in [5.41, 5.74) is 0. The first kappa shape index (κ1) is 17.1. The van der Waals surface area contributed by atoms with Crippen molar-refractivity contribution in [2.24, 2.45) is 5.92 Å². The van der Waals surface area contributed by atoms with Crippen molar-refractivity contribution in [2.45, 2.75) is 39.2 Å². The highest BCUT2D eigenvalue weighted by Gasteiger charge is 2.23. The fourth-order valence-corrected chi connectivity index (χ4v) is 3.16. The van der Waals surface area contributed by atoms with Crippen LogP contribution < -0.4 is 14.8 Å². The van der Waals surface area contributed by atoms with Gasteiger partial charge < -0.3 is 5.32 Å². The van der Waals surface area contributed by atoms with E-state index < -0.39 is 10.2 Å². The first-order valence-corrected chi connectivity index (χ1v) is 7.51. The lowest BCUT2D eigenvalue weighted by Crippen LogP contribution is -2.48. The van der Waals surface area contributed by atoms with Gasteiger partial charge in [0.25, 0.3) is 10.2 Å². The fourth-order valence-electron chi connectivity index (χ4n) is 1.92. The lowest BCUT2D eigenvalue weighted by atomic mass is 9.94. The largest absolute Gasteiger partial charge is 0.316 e. The molecule has 0 aliphatic carbocycles. The zero-order chi connectivity index (χ0) is 12.0. The Labute approximate surface area is 111 Å². The second-order valence-electron chi connectivity index (χ2n) is 4.41. The monoisotopic (exact) mass is 285 g/mol. The van der Waals surface area contributed by atoms with Crippen LogP contribution in [0.1, 0.15) is 33.1 Å². The molecule has 7 heteroatoms. The van der Waals surface area contributed by atoms with Crippen molar-refractivity contribution >= 4 is 22.6 Å². The molecule has 1 fully saturated rings. The van der Waals surface area contributed by atoms with Crippen molar-refractivity contribution in [1.29, 1.82) is 0 Å². The van der Waals surface area contributed by atoms with Crippen molar-refractivity contribution in [3.8, 4) is 0 Å². The van der Waals surface area contributed by atoms with Gasteiger partial charge in [-0.1, -0.05) is 6.92 Å². The van der Waals surface area contributed by atoms with E-state index in [1.807, 2.05) is 13.8 Å². The van der Waals surface area contributed by atoms with Crippen LogP contribution in [-0.2, 0) is 10.2 Å². The molecule has 0 amide bonds. The van der Waals surface area contributed by atoms with Gasteiger partial charge in [0.2, 0.25) is 0 Å². The van der Waals surface area contributed by atoms with Crippen LogP contribution >= 0.6 is 12.4 Å². The van der Waals surface area contributed by atoms with Gasteiger partial charge in [-0.25, -0.2) is 4.72 Å². The van der Waals surface area contributed by atoms with Gasteiger partial charge >= 0.3 is 0 Å². The maximum Gasteiger partial charge on any atom is 0.277 e. The Balaban J connectivity index is 0.00000256. The van der Waals surface area contributed by atoms with Crippen LogP contribution in [0.4, 0.5) is 0 Å². The molecule has 17 heavy (non-hydrogen) atoms. The Hall–Kier alpha value is 0.120. The zero-order valence-corrected chi connectivity index (χ0v) is 12.2. The summed E-state index contributed by atoms with van der Waals surface area (Å²) in [6.45, 7) is 6.31. The van der Waals surface area contributed by atoms with E-state index in [2.05, 4.69) is 14.8 Å². The number of rotatable bonds is 6. The van der Waals surface area contributed by atoms with Gasteiger partial charge in [-0.2, -0.15) is 13.1 Å². The average molecular weight is 286 g/mol. The summed E-state index contributed by atoms with van der Waals surface area (Å²) in [7, 11) is -3.32. The third-order valence-electron chi connectivity index (χ3n) is 2.93. The minimum atomic E-state index is -3.32. The molecule has 2 unspecified atom stereocenters. The van der Waals surface area contributed by atoms with E-state index in [1.54, 1.807) is 0 Å². The van der Waals surface area contributed by atoms with E-state index in [9.17, 15) is 8.42 Å². The summed E-state index contributed by atoms with van der Waals surface area (Å²) >= 11 is 0. The Morgan fingerprint density at radius 2 is 2.18 bits per heavy atom. The highest BCUT2D eigenvalue weighted by molar-refractivity contribution is 7.87. The van der Waals surface area contributed by atoms with Crippen LogP contribution in [0.5, 0.6) is 0 Å². The molecule has 2 atom stereocenters. The summed E-state index contributed by atoms with van der Waals surface area (Å²) in [5.74, 6) is 0.395. The molecule has 5 nitrogen and oxygen atoms in total. The summed E-state index contributed by atoms with van der Waals surface area (Å²) in [4.78, 5) is 0. The van der Waals surface area contributed by atoms with Crippen LogP contribution in [0.25, 0.3) is 0 Å². The molecule has 0 bridgehead atoms. The zero-order valence-electron chi connectivity index (χ0n) is 10.5. The van der Waals surface area contributed by atoms with Gasteiger partial charge in [-0.3, -0.25) is 0 Å². The molecule has 3 N–H and O–H groups in total. The first-order chi connectivity index (χ1) is 7.55. The molecular weight excluding hydrogens is 262 g/mol. The minimum absolute atomic E-state index is 0. The Bertz CT molecular complexity index is 292. The molecule has 1 rings (SSSR count). The van der Waals surface area contributed by atoms with E-state index in [1.165, 1.54) is 0 Å². The third kappa shape index (κ3) is 6.57. The molecule has 1 aliphatic heterocycles. The van der Waals surface area contributed by atoms with Crippen LogP contribution in [-0.4, -0.2) is 34.1 Å². The molecule has 104 valence electrons. The molecule has 0 aromatic carbocycles. The van der Waals surface area contributed by atoms with Gasteiger partial charge in [0, 0.05) is 12.6 Å². The summed E-state index contributed by atoms with van der Waals surface area (Å²) in [6, 6.07) is -0.0119. The summed E-state index contributed by atoms with van der Waals surface area (Å²) < 4.78 is 28.4. The highest BCUT2D eigenvalue weighted by atomic mass is 35.5. The first-order valence-electron chi connectivity index (χ1n) is 6.03. The predicted octanol–water partition coefficient (Wildman–Crippen LogP) is 0.630. The van der Waals surface area contributed by atoms with Crippen LogP contribution in [0.15, 0.2) is 0 Å². The van der Waals surface area contributed by atoms with E-state index >= 15 is 0 Å². The lowest BCUT2D eigenvalue weighted by Gasteiger charge is -2.28. The van der Waals surface area contributed by atoms with Crippen LogP contribution in [0.3, 0.4) is 0 Å². The number of hydrogen-bond donors (Lipinski definition) is 3. The van der Waals surface area contributed by atoms with Crippen molar-refractivity contribution in [2.75, 3.05) is 19.6 Å². The molecule has 0 radical (unpaired) electrons. The molecule has 0 spiro atoms. The maximum absolute atomic E-state index is 11.6. The van der Waals surface area contributed by atoms with E-state index in [0.717, 1.165) is 32.4 Å². The number of hydrogen-bond acceptors (Lipinski definition) is 3. The topological polar surface area (TPSA) is 70.2 Å². The Kier molecular flexibility index (Phi) is 8.32. The van der Waals surface area contributed by atoms with E-state index in [0.29, 0.717) is 12.5 Å². The van der Waals surface area contributed by atoms with Crippen LogP contribution in [0.2, 0.25) is 0 Å². The average Bonchev–Trinajstić information content (AvgIpc) is 2.27. The Morgan fingerprint density at radius 3 is 2.71 bits per heavy atom. The summed E-state index contributed by atoms with van der Waals surface area (Å²) in [5, 5.41) is 3.29. The number of piperidine rings is 1. The van der Waals surface area contributed by atoms with E-state index in [4.69, 9.17) is 0 Å². The SMILES string of the molecule is CCCNS(=O)(=O)NC(C)C1CCCNC1.Cl. The van der Waals surface area contributed by atoms with Gasteiger partial charge in [-0.05, 0) is 45.2 Å². The number of halogens is 1. The normalized spacial score (nSPS) is 22.8. The molecule has 0 aromatic heterocycles. The van der Waals surface area contributed by atoms with Crippen molar-refractivity contribution < 1.29 is 8.42 Å². The van der Waals surface area contributed by atoms with Gasteiger partial charge in [-0.15, -0.1) is 12.4 Å². The van der Waals surface area contributed by atoms with Crippen molar-refractivity contribution in [1.82, 2.24) is 14.8 Å². The van der Waals surface area contributed by atoms with Crippen LogP contribution in [0, 0.1) is 5.92 Å². The molecular formula is C10H24ClN3O2S. The van der Waals surface area contributed by atoms with E-state index in [-0.39, 0.29) is 18.4 Å². The highest BCUT2D eigenvalue weighted by Crippen LogP contribution is 2.14. The predicted molar refractivity (Wildman–Crippen MR) is 72.7 cm³/mol. The van der Waals surface area contributed by atoms with Gasteiger partial charge in [0.15, 0.2) is 0 Å². The molecule has 1 saturated heterocycles. The number of nitrogens with one attached hydrogen (secondary N) is 3. The third-order valence-corrected chi connectivity index (χ3v) is 4.19. The molecule has 1 heterocycles. The van der Waals surface area contributed by atoms with Crippen molar-refractivity contribution in [3.63, 3.8) is 0 Å². The second kappa shape index (κ2) is 8.26. The molecule has 0 aromatic rings. The van der Waals surface area contributed by atoms with Crippen molar-refractivity contribution in [3.05, 3.63) is 0 Å². The second-order valence-corrected chi connectivity index (χ2v) is 5.94. The standard InChI is InChI=1S/C10H23N3O2S.ClH/c1-3-6-12-16(14,15)13-9(2)10-5-4-7-11-8-10;/h9-13H,3-8H2,1-2H3;1H. The Morgan fingerprint density at radius 1 is 1.47 bits per heavy atom. The lowest BCUT2D eigenvalue weighted by molar-refractivity contribution is 0.319. The van der Waals surface area contributed by atoms with Gasteiger partial charge in [0.05, 0.1) is 0 Å². The fraction of sp³-hybridized carbons (Fsp3) is 1.00. The minimum Gasteiger partial charge on any atom is -0.316 e. The van der Waals surface area contributed by atoms with Gasteiger partial charge in [0.1, 0.15) is 0 Å². The molecule has 1 aliphatic rings.